The van der Waals surface area contributed by atoms with Gasteiger partial charge < -0.3 is 9.84 Å². The second-order valence-corrected chi connectivity index (χ2v) is 4.31. The van der Waals surface area contributed by atoms with Gasteiger partial charge in [-0.1, -0.05) is 22.4 Å². The van der Waals surface area contributed by atoms with Gasteiger partial charge in [-0.3, -0.25) is 0 Å². The predicted molar refractivity (Wildman–Crippen MR) is 65.9 cm³/mol. The van der Waals surface area contributed by atoms with Crippen LogP contribution < -0.4 is 4.74 Å². The van der Waals surface area contributed by atoms with Gasteiger partial charge in [-0.05, 0) is 24.0 Å². The minimum absolute atomic E-state index is 0.00329. The Hall–Kier alpha value is -2.02. The molecule has 0 radical (unpaired) electrons. The lowest BCUT2D eigenvalue weighted by Crippen LogP contribution is -2.03. The molecule has 0 saturated carbocycles. The first-order valence-electron chi connectivity index (χ1n) is 5.11. The van der Waals surface area contributed by atoms with Crippen LogP contribution in [-0.2, 0) is 6.61 Å². The van der Waals surface area contributed by atoms with Crippen LogP contribution in [0.3, 0.4) is 0 Å². The number of H-pyrrole nitrogens is 1. The molecule has 1 heterocycles. The monoisotopic (exact) mass is 265 g/mol. The Morgan fingerprint density at radius 3 is 2.78 bits per heavy atom. The molecule has 0 saturated heterocycles. The van der Waals surface area contributed by atoms with Crippen molar-refractivity contribution in [2.24, 2.45) is 0 Å². The maximum absolute atomic E-state index is 10.8. The van der Waals surface area contributed by atoms with Crippen molar-refractivity contribution >= 4 is 17.7 Å². The molecule has 1 aromatic heterocycles. The van der Waals surface area contributed by atoms with Crippen molar-refractivity contribution in [2.75, 3.05) is 6.26 Å². The van der Waals surface area contributed by atoms with Crippen molar-refractivity contribution in [2.45, 2.75) is 11.5 Å². The third kappa shape index (κ3) is 2.80. The van der Waals surface area contributed by atoms with Crippen molar-refractivity contribution in [3.05, 3.63) is 35.5 Å². The Labute approximate surface area is 107 Å². The van der Waals surface area contributed by atoms with Gasteiger partial charge in [0, 0.05) is 4.90 Å². The van der Waals surface area contributed by atoms with Crippen LogP contribution in [0.1, 0.15) is 16.1 Å². The molecule has 2 rings (SSSR count). The number of nitrogens with one attached hydrogen (secondary N) is 1. The van der Waals surface area contributed by atoms with Crippen molar-refractivity contribution in [3.63, 3.8) is 0 Å². The summed E-state index contributed by atoms with van der Waals surface area (Å²) < 4.78 is 5.31. The van der Waals surface area contributed by atoms with Crippen LogP contribution >= 0.6 is 11.8 Å². The van der Waals surface area contributed by atoms with E-state index in [4.69, 9.17) is 9.84 Å². The van der Waals surface area contributed by atoms with Crippen LogP contribution in [0.4, 0.5) is 0 Å². The second-order valence-electron chi connectivity index (χ2n) is 3.43. The maximum Gasteiger partial charge on any atom is 0.359 e. The summed E-state index contributed by atoms with van der Waals surface area (Å²) in [6.45, 7) is 0.251. The number of carbonyl (C=O) groups is 1. The van der Waals surface area contributed by atoms with Gasteiger partial charge in [0.05, 0.1) is 0 Å². The lowest BCUT2D eigenvalue weighted by molar-refractivity contribution is 0.0685. The standard InChI is InChI=1S/C11H11N3O3S/c1-18-8-4-2-7(3-5-8)6-17-10-9(11(15)16)12-14-13-10/h2-5H,6H2,1H3,(H,15,16)(H,12,13,14). The number of hydrogen-bond acceptors (Lipinski definition) is 5. The lowest BCUT2D eigenvalue weighted by atomic mass is 10.2. The second kappa shape index (κ2) is 5.54. The topological polar surface area (TPSA) is 88.1 Å². The highest BCUT2D eigenvalue weighted by Gasteiger charge is 2.15. The average Bonchev–Trinajstić information content (AvgIpc) is 2.85. The number of aromatic carboxylic acids is 1. The van der Waals surface area contributed by atoms with E-state index in [0.717, 1.165) is 10.5 Å². The number of rotatable bonds is 5. The number of ether oxygens (including phenoxy) is 1. The molecule has 94 valence electrons. The fourth-order valence-corrected chi connectivity index (χ4v) is 1.74. The number of aromatic amines is 1. The molecule has 0 aliphatic carbocycles. The van der Waals surface area contributed by atoms with E-state index < -0.39 is 5.97 Å². The van der Waals surface area contributed by atoms with Crippen LogP contribution in [0.25, 0.3) is 0 Å². The van der Waals surface area contributed by atoms with E-state index >= 15 is 0 Å². The number of carboxylic acid groups (broad SMARTS) is 1. The Morgan fingerprint density at radius 2 is 2.17 bits per heavy atom. The number of thioether (sulfide) groups is 1. The third-order valence-electron chi connectivity index (χ3n) is 2.26. The van der Waals surface area contributed by atoms with Crippen molar-refractivity contribution in [1.82, 2.24) is 15.4 Å². The van der Waals surface area contributed by atoms with E-state index in [2.05, 4.69) is 15.4 Å². The molecule has 2 N–H and O–H groups in total. The highest BCUT2D eigenvalue weighted by molar-refractivity contribution is 7.98. The SMILES string of the molecule is CSc1ccc(COc2nn[nH]c2C(=O)O)cc1. The summed E-state index contributed by atoms with van der Waals surface area (Å²) in [5.74, 6) is -1.15. The molecule has 0 fully saturated rings. The molecule has 0 aliphatic heterocycles. The Morgan fingerprint density at radius 1 is 1.44 bits per heavy atom. The quantitative estimate of drug-likeness (QED) is 0.801. The normalized spacial score (nSPS) is 10.3. The molecular formula is C11H11N3O3S. The highest BCUT2D eigenvalue weighted by atomic mass is 32.2. The highest BCUT2D eigenvalue weighted by Crippen LogP contribution is 2.17. The van der Waals surface area contributed by atoms with E-state index in [1.54, 1.807) is 11.8 Å². The van der Waals surface area contributed by atoms with Gasteiger partial charge in [-0.25, -0.2) is 9.89 Å². The summed E-state index contributed by atoms with van der Waals surface area (Å²) in [5, 5.41) is 18.1. The van der Waals surface area contributed by atoms with Crippen LogP contribution in [-0.4, -0.2) is 32.7 Å². The van der Waals surface area contributed by atoms with E-state index in [0.29, 0.717) is 0 Å². The van der Waals surface area contributed by atoms with Crippen molar-refractivity contribution in [1.29, 1.82) is 0 Å². The number of hydrogen-bond donors (Lipinski definition) is 2. The first-order valence-corrected chi connectivity index (χ1v) is 6.33. The first kappa shape index (κ1) is 12.4. The van der Waals surface area contributed by atoms with Crippen molar-refractivity contribution < 1.29 is 14.6 Å². The molecule has 7 heteroatoms. The number of carboxylic acids is 1. The number of benzene rings is 1. The van der Waals surface area contributed by atoms with Gasteiger partial charge in [-0.15, -0.1) is 11.8 Å². The zero-order valence-electron chi connectivity index (χ0n) is 9.58. The Bertz CT molecular complexity index is 539. The van der Waals surface area contributed by atoms with Gasteiger partial charge in [0.2, 0.25) is 5.69 Å². The zero-order valence-corrected chi connectivity index (χ0v) is 10.4. The average molecular weight is 265 g/mol. The predicted octanol–water partition coefficient (Wildman–Crippen LogP) is 1.80. The van der Waals surface area contributed by atoms with E-state index in [-0.39, 0.29) is 18.2 Å². The Kier molecular flexibility index (Phi) is 3.83. The summed E-state index contributed by atoms with van der Waals surface area (Å²) in [6.07, 6.45) is 2.00. The van der Waals surface area contributed by atoms with E-state index in [1.807, 2.05) is 30.5 Å². The molecule has 6 nitrogen and oxygen atoms in total. The smallest absolute Gasteiger partial charge is 0.359 e. The first-order chi connectivity index (χ1) is 8.70. The number of nitrogens with zero attached hydrogens (tertiary/aromatic N) is 2. The van der Waals surface area contributed by atoms with Crippen LogP contribution in [0, 0.1) is 0 Å². The molecule has 0 unspecified atom stereocenters. The third-order valence-corrected chi connectivity index (χ3v) is 3.01. The summed E-state index contributed by atoms with van der Waals surface area (Å²) in [5.41, 5.74) is 0.794. The molecular weight excluding hydrogens is 254 g/mol. The summed E-state index contributed by atoms with van der Waals surface area (Å²) in [6, 6.07) is 7.80. The molecule has 0 bridgehead atoms. The molecule has 2 aromatic rings. The molecule has 1 aromatic carbocycles. The zero-order chi connectivity index (χ0) is 13.0. The summed E-state index contributed by atoms with van der Waals surface area (Å²) >= 11 is 1.65. The van der Waals surface area contributed by atoms with Gasteiger partial charge in [0.15, 0.2) is 0 Å². The van der Waals surface area contributed by atoms with Gasteiger partial charge >= 0.3 is 5.97 Å². The molecule has 0 amide bonds. The van der Waals surface area contributed by atoms with Crippen LogP contribution in [0.5, 0.6) is 5.88 Å². The number of aromatic nitrogens is 3. The Balaban J connectivity index is 2.02. The van der Waals surface area contributed by atoms with E-state index in [9.17, 15) is 4.79 Å². The maximum atomic E-state index is 10.8. The summed E-state index contributed by atoms with van der Waals surface area (Å²) in [4.78, 5) is 11.9. The fourth-order valence-electron chi connectivity index (χ4n) is 1.33. The van der Waals surface area contributed by atoms with Crippen LogP contribution in [0.2, 0.25) is 0 Å². The molecule has 0 atom stereocenters. The van der Waals surface area contributed by atoms with E-state index in [1.165, 1.54) is 0 Å². The molecule has 0 aliphatic rings. The fraction of sp³-hybridized carbons (Fsp3) is 0.182. The molecule has 18 heavy (non-hydrogen) atoms. The molecule has 0 spiro atoms. The lowest BCUT2D eigenvalue weighted by Gasteiger charge is -2.04. The van der Waals surface area contributed by atoms with Crippen molar-refractivity contribution in [3.8, 4) is 5.88 Å². The summed E-state index contributed by atoms with van der Waals surface area (Å²) in [7, 11) is 0. The van der Waals surface area contributed by atoms with Gasteiger partial charge in [0.1, 0.15) is 6.61 Å². The van der Waals surface area contributed by atoms with Crippen LogP contribution in [0.15, 0.2) is 29.2 Å². The van der Waals surface area contributed by atoms with Gasteiger partial charge in [0.25, 0.3) is 5.88 Å². The minimum atomic E-state index is -1.15. The largest absolute Gasteiger partial charge is 0.476 e. The van der Waals surface area contributed by atoms with Gasteiger partial charge in [-0.2, -0.15) is 0 Å². The minimum Gasteiger partial charge on any atom is -0.476 e.